The predicted octanol–water partition coefficient (Wildman–Crippen LogP) is 1.69. The van der Waals surface area contributed by atoms with E-state index in [9.17, 15) is 4.79 Å². The summed E-state index contributed by atoms with van der Waals surface area (Å²) < 4.78 is 1.76. The quantitative estimate of drug-likeness (QED) is 0.932. The second-order valence-electron chi connectivity index (χ2n) is 5.25. The minimum absolute atomic E-state index is 0.159. The highest BCUT2D eigenvalue weighted by atomic mass is 16.2. The van der Waals surface area contributed by atoms with Crippen LogP contribution in [-0.4, -0.2) is 44.7 Å². The summed E-state index contributed by atoms with van der Waals surface area (Å²) >= 11 is 0. The Morgan fingerprint density at radius 3 is 2.76 bits per heavy atom. The van der Waals surface area contributed by atoms with Gasteiger partial charge in [0, 0.05) is 44.6 Å². The van der Waals surface area contributed by atoms with E-state index in [-0.39, 0.29) is 5.91 Å². The monoisotopic (exact) mass is 285 g/mol. The molecule has 3 rings (SSSR count). The molecule has 1 amide bonds. The molecule has 1 fully saturated rings. The van der Waals surface area contributed by atoms with Crippen LogP contribution < -0.4 is 5.32 Å². The number of aromatic nitrogens is 3. The first-order valence-electron chi connectivity index (χ1n) is 7.21. The van der Waals surface area contributed by atoms with Crippen LogP contribution in [0.3, 0.4) is 0 Å². The molecule has 1 aliphatic rings. The zero-order valence-corrected chi connectivity index (χ0v) is 12.1. The first-order valence-corrected chi connectivity index (χ1v) is 7.21. The number of nitrogens with zero attached hydrogens (tertiary/aromatic N) is 4. The number of likely N-dealkylation sites (tertiary alicyclic amines) is 1. The maximum atomic E-state index is 11.4. The number of hydrogen-bond donors (Lipinski definition) is 1. The molecule has 0 saturated carbocycles. The van der Waals surface area contributed by atoms with Gasteiger partial charge >= 0.3 is 0 Å². The van der Waals surface area contributed by atoms with Gasteiger partial charge in [-0.2, -0.15) is 5.10 Å². The van der Waals surface area contributed by atoms with Gasteiger partial charge in [-0.1, -0.05) is 0 Å². The van der Waals surface area contributed by atoms with E-state index in [0.717, 1.165) is 37.4 Å². The van der Waals surface area contributed by atoms with Crippen LogP contribution in [0.1, 0.15) is 19.8 Å². The summed E-state index contributed by atoms with van der Waals surface area (Å²) in [6.07, 6.45) is 7.29. The molecule has 110 valence electrons. The highest BCUT2D eigenvalue weighted by Crippen LogP contribution is 2.21. The van der Waals surface area contributed by atoms with Crippen molar-refractivity contribution in [3.8, 4) is 5.82 Å². The van der Waals surface area contributed by atoms with Crippen molar-refractivity contribution in [3.05, 3.63) is 36.8 Å². The number of carbonyl (C=O) groups excluding carboxylic acids is 1. The van der Waals surface area contributed by atoms with Crippen molar-refractivity contribution in [2.75, 3.05) is 18.4 Å². The smallest absolute Gasteiger partial charge is 0.219 e. The fourth-order valence-electron chi connectivity index (χ4n) is 2.64. The summed E-state index contributed by atoms with van der Waals surface area (Å²) in [5, 5.41) is 7.77. The van der Waals surface area contributed by atoms with Gasteiger partial charge < -0.3 is 10.2 Å². The SMILES string of the molecule is CC(=O)N1CCC(Nc2cccnc2-n2cccn2)CC1. The fourth-order valence-corrected chi connectivity index (χ4v) is 2.64. The van der Waals surface area contributed by atoms with Crippen LogP contribution in [0.25, 0.3) is 5.82 Å². The Bertz CT molecular complexity index is 602. The molecule has 0 aromatic carbocycles. The average Bonchev–Trinajstić information content (AvgIpc) is 3.02. The lowest BCUT2D eigenvalue weighted by Gasteiger charge is -2.32. The van der Waals surface area contributed by atoms with E-state index in [4.69, 9.17) is 0 Å². The van der Waals surface area contributed by atoms with Crippen molar-refractivity contribution in [1.82, 2.24) is 19.7 Å². The lowest BCUT2D eigenvalue weighted by atomic mass is 10.0. The Morgan fingerprint density at radius 2 is 2.10 bits per heavy atom. The highest BCUT2D eigenvalue weighted by molar-refractivity contribution is 5.73. The zero-order chi connectivity index (χ0) is 14.7. The van der Waals surface area contributed by atoms with Crippen LogP contribution >= 0.6 is 0 Å². The van der Waals surface area contributed by atoms with E-state index in [0.29, 0.717) is 6.04 Å². The third-order valence-corrected chi connectivity index (χ3v) is 3.81. The first kappa shape index (κ1) is 13.6. The molecule has 2 aromatic heterocycles. The van der Waals surface area contributed by atoms with E-state index in [1.54, 1.807) is 24.0 Å². The standard InChI is InChI=1S/C15H19N5O/c1-12(21)19-10-5-13(6-11-19)18-14-4-2-7-16-15(14)20-9-3-8-17-20/h2-4,7-9,13,18H,5-6,10-11H2,1H3. The molecule has 2 aromatic rings. The van der Waals surface area contributed by atoms with Crippen LogP contribution in [0.15, 0.2) is 36.8 Å². The maximum absolute atomic E-state index is 11.4. The Hall–Kier alpha value is -2.37. The third kappa shape index (κ3) is 3.04. The molecule has 0 atom stereocenters. The van der Waals surface area contributed by atoms with E-state index in [2.05, 4.69) is 15.4 Å². The summed E-state index contributed by atoms with van der Waals surface area (Å²) in [5.74, 6) is 0.962. The van der Waals surface area contributed by atoms with Crippen molar-refractivity contribution in [2.45, 2.75) is 25.8 Å². The van der Waals surface area contributed by atoms with Crippen LogP contribution in [-0.2, 0) is 4.79 Å². The minimum Gasteiger partial charge on any atom is -0.379 e. The summed E-state index contributed by atoms with van der Waals surface area (Å²) in [6, 6.07) is 6.17. The molecular formula is C15H19N5O. The number of amides is 1. The van der Waals surface area contributed by atoms with Gasteiger partial charge in [-0.25, -0.2) is 9.67 Å². The predicted molar refractivity (Wildman–Crippen MR) is 80.3 cm³/mol. The van der Waals surface area contributed by atoms with Crippen molar-refractivity contribution in [3.63, 3.8) is 0 Å². The molecule has 1 N–H and O–H groups in total. The maximum Gasteiger partial charge on any atom is 0.219 e. The molecule has 0 unspecified atom stereocenters. The Kier molecular flexibility index (Phi) is 3.85. The van der Waals surface area contributed by atoms with E-state index in [1.165, 1.54) is 0 Å². The van der Waals surface area contributed by atoms with E-state index in [1.807, 2.05) is 29.3 Å². The number of pyridine rings is 1. The van der Waals surface area contributed by atoms with Crippen LogP contribution in [0, 0.1) is 0 Å². The van der Waals surface area contributed by atoms with Gasteiger partial charge in [0.25, 0.3) is 0 Å². The number of carbonyl (C=O) groups is 1. The number of rotatable bonds is 3. The number of piperidine rings is 1. The highest BCUT2D eigenvalue weighted by Gasteiger charge is 2.21. The lowest BCUT2D eigenvalue weighted by Crippen LogP contribution is -2.41. The van der Waals surface area contributed by atoms with Crippen LogP contribution in [0.2, 0.25) is 0 Å². The third-order valence-electron chi connectivity index (χ3n) is 3.81. The molecular weight excluding hydrogens is 266 g/mol. The van der Waals surface area contributed by atoms with Gasteiger partial charge in [0.05, 0.1) is 5.69 Å². The lowest BCUT2D eigenvalue weighted by molar-refractivity contribution is -0.129. The summed E-state index contributed by atoms with van der Waals surface area (Å²) in [6.45, 7) is 3.25. The molecule has 6 heteroatoms. The second kappa shape index (κ2) is 5.95. The van der Waals surface area contributed by atoms with Gasteiger partial charge in [0.1, 0.15) is 0 Å². The Balaban J connectivity index is 1.70. The van der Waals surface area contributed by atoms with Gasteiger partial charge in [0.2, 0.25) is 5.91 Å². The first-order chi connectivity index (χ1) is 10.2. The van der Waals surface area contributed by atoms with Crippen LogP contribution in [0.5, 0.6) is 0 Å². The largest absolute Gasteiger partial charge is 0.379 e. The molecule has 21 heavy (non-hydrogen) atoms. The molecule has 1 saturated heterocycles. The minimum atomic E-state index is 0.159. The molecule has 6 nitrogen and oxygen atoms in total. The number of nitrogens with one attached hydrogen (secondary N) is 1. The molecule has 3 heterocycles. The van der Waals surface area contributed by atoms with Gasteiger partial charge in [-0.15, -0.1) is 0 Å². The molecule has 0 bridgehead atoms. The number of anilines is 1. The fraction of sp³-hybridized carbons (Fsp3) is 0.400. The van der Waals surface area contributed by atoms with Crippen molar-refractivity contribution in [2.24, 2.45) is 0 Å². The zero-order valence-electron chi connectivity index (χ0n) is 12.1. The topological polar surface area (TPSA) is 63.1 Å². The van der Waals surface area contributed by atoms with E-state index >= 15 is 0 Å². The summed E-state index contributed by atoms with van der Waals surface area (Å²) in [5.41, 5.74) is 0.975. The van der Waals surface area contributed by atoms with Crippen molar-refractivity contribution >= 4 is 11.6 Å². The number of hydrogen-bond acceptors (Lipinski definition) is 4. The van der Waals surface area contributed by atoms with Gasteiger partial charge in [-0.3, -0.25) is 4.79 Å². The molecule has 0 spiro atoms. The van der Waals surface area contributed by atoms with Gasteiger partial charge in [-0.05, 0) is 31.0 Å². The van der Waals surface area contributed by atoms with Crippen molar-refractivity contribution < 1.29 is 4.79 Å². The Morgan fingerprint density at radius 1 is 1.29 bits per heavy atom. The van der Waals surface area contributed by atoms with Crippen molar-refractivity contribution in [1.29, 1.82) is 0 Å². The molecule has 0 aliphatic carbocycles. The van der Waals surface area contributed by atoms with Gasteiger partial charge in [0.15, 0.2) is 5.82 Å². The molecule has 0 radical (unpaired) electrons. The average molecular weight is 285 g/mol. The van der Waals surface area contributed by atoms with Crippen LogP contribution in [0.4, 0.5) is 5.69 Å². The summed E-state index contributed by atoms with van der Waals surface area (Å²) in [7, 11) is 0. The normalized spacial score (nSPS) is 16.0. The Labute approximate surface area is 123 Å². The summed E-state index contributed by atoms with van der Waals surface area (Å²) in [4.78, 5) is 17.7. The van der Waals surface area contributed by atoms with E-state index < -0.39 is 0 Å². The molecule has 1 aliphatic heterocycles. The second-order valence-corrected chi connectivity index (χ2v) is 5.25.